The molecule has 0 radical (unpaired) electrons. The number of alkyl halides is 2. The summed E-state index contributed by atoms with van der Waals surface area (Å²) in [6.07, 6.45) is 3.24. The van der Waals surface area contributed by atoms with E-state index in [0.717, 1.165) is 11.0 Å². The number of pyridine rings is 1. The molecule has 6 nitrogen and oxygen atoms in total. The number of rotatable bonds is 5. The largest absolute Gasteiger partial charge is 0.435 e. The molecule has 0 saturated carbocycles. The van der Waals surface area contributed by atoms with Gasteiger partial charge in [-0.05, 0) is 44.2 Å². The van der Waals surface area contributed by atoms with Crippen molar-refractivity contribution in [3.63, 3.8) is 0 Å². The lowest BCUT2D eigenvalue weighted by molar-refractivity contribution is -0.0498. The zero-order valence-electron chi connectivity index (χ0n) is 13.6. The van der Waals surface area contributed by atoms with Crippen LogP contribution in [0.15, 0.2) is 42.7 Å². The second kappa shape index (κ2) is 6.84. The van der Waals surface area contributed by atoms with Crippen molar-refractivity contribution in [2.24, 2.45) is 0 Å². The minimum absolute atomic E-state index is 0.00395. The zero-order chi connectivity index (χ0) is 18.0. The summed E-state index contributed by atoms with van der Waals surface area (Å²) in [5, 5.41) is 7.81. The van der Waals surface area contributed by atoms with E-state index in [0.29, 0.717) is 11.3 Å². The predicted molar refractivity (Wildman–Crippen MR) is 88.9 cm³/mol. The number of carbonyl (C=O) groups is 1. The lowest BCUT2D eigenvalue weighted by atomic mass is 10.2. The molecule has 1 aromatic carbocycles. The van der Waals surface area contributed by atoms with Gasteiger partial charge < -0.3 is 10.1 Å². The Labute approximate surface area is 142 Å². The molecule has 0 aliphatic heterocycles. The number of aromatic nitrogens is 3. The van der Waals surface area contributed by atoms with Crippen LogP contribution in [0.5, 0.6) is 5.75 Å². The Morgan fingerprint density at radius 3 is 2.56 bits per heavy atom. The number of nitrogens with zero attached hydrogens (tertiary/aromatic N) is 3. The number of carbonyl (C=O) groups excluding carboxylic acids is 1. The van der Waals surface area contributed by atoms with E-state index in [1.165, 1.54) is 24.3 Å². The van der Waals surface area contributed by atoms with Crippen LogP contribution in [0.4, 0.5) is 14.5 Å². The summed E-state index contributed by atoms with van der Waals surface area (Å²) < 4.78 is 30.3. The first-order valence-electron chi connectivity index (χ1n) is 7.63. The highest BCUT2D eigenvalue weighted by Gasteiger charge is 2.11. The molecule has 3 aromatic rings. The van der Waals surface area contributed by atoms with E-state index in [2.05, 4.69) is 20.1 Å². The van der Waals surface area contributed by atoms with Crippen molar-refractivity contribution >= 4 is 22.6 Å². The Hall–Kier alpha value is -3.03. The number of halogens is 2. The van der Waals surface area contributed by atoms with Gasteiger partial charge in [-0.1, -0.05) is 0 Å². The lowest BCUT2D eigenvalue weighted by Crippen LogP contribution is -2.12. The third kappa shape index (κ3) is 3.73. The molecule has 2 aromatic heterocycles. The van der Waals surface area contributed by atoms with Gasteiger partial charge in [0.05, 0.1) is 18.1 Å². The molecule has 0 bridgehead atoms. The van der Waals surface area contributed by atoms with Crippen LogP contribution in [0.25, 0.3) is 11.0 Å². The second-order valence-corrected chi connectivity index (χ2v) is 5.68. The Kier molecular flexibility index (Phi) is 4.60. The standard InChI is InChI=1S/C17H16F2N4O2/c1-10(2)23-15-12(8-21-23)7-13(9-20-15)22-16(24)11-3-5-14(6-4-11)25-17(18)19/h3-10,17H,1-2H3,(H,22,24). The molecule has 8 heteroatoms. The molecular weight excluding hydrogens is 330 g/mol. The van der Waals surface area contributed by atoms with E-state index in [1.54, 1.807) is 23.1 Å². The van der Waals surface area contributed by atoms with Gasteiger partial charge in [0.2, 0.25) is 0 Å². The number of benzene rings is 1. The fourth-order valence-electron chi connectivity index (χ4n) is 2.38. The van der Waals surface area contributed by atoms with E-state index < -0.39 is 6.61 Å². The number of anilines is 1. The molecular formula is C17H16F2N4O2. The normalized spacial score (nSPS) is 11.3. The van der Waals surface area contributed by atoms with Crippen LogP contribution >= 0.6 is 0 Å². The summed E-state index contributed by atoms with van der Waals surface area (Å²) in [5.41, 5.74) is 1.58. The van der Waals surface area contributed by atoms with Crippen molar-refractivity contribution in [3.05, 3.63) is 48.3 Å². The first-order valence-corrected chi connectivity index (χ1v) is 7.63. The van der Waals surface area contributed by atoms with Crippen molar-refractivity contribution in [1.82, 2.24) is 14.8 Å². The van der Waals surface area contributed by atoms with Crippen molar-refractivity contribution in [2.75, 3.05) is 5.32 Å². The molecule has 0 atom stereocenters. The van der Waals surface area contributed by atoms with Gasteiger partial charge in [-0.2, -0.15) is 13.9 Å². The number of hydrogen-bond donors (Lipinski definition) is 1. The average molecular weight is 346 g/mol. The molecule has 3 rings (SSSR count). The highest BCUT2D eigenvalue weighted by molar-refractivity contribution is 6.04. The van der Waals surface area contributed by atoms with Crippen molar-refractivity contribution < 1.29 is 18.3 Å². The van der Waals surface area contributed by atoms with Gasteiger partial charge in [0.25, 0.3) is 5.91 Å². The monoisotopic (exact) mass is 346 g/mol. The van der Waals surface area contributed by atoms with Crippen molar-refractivity contribution in [3.8, 4) is 5.75 Å². The molecule has 0 spiro atoms. The maximum Gasteiger partial charge on any atom is 0.387 e. The minimum Gasteiger partial charge on any atom is -0.435 e. The molecule has 130 valence electrons. The quantitative estimate of drug-likeness (QED) is 0.761. The van der Waals surface area contributed by atoms with Crippen LogP contribution in [0, 0.1) is 0 Å². The summed E-state index contributed by atoms with van der Waals surface area (Å²) in [7, 11) is 0. The van der Waals surface area contributed by atoms with Gasteiger partial charge in [-0.3, -0.25) is 4.79 Å². The van der Waals surface area contributed by atoms with E-state index >= 15 is 0 Å². The van der Waals surface area contributed by atoms with Gasteiger partial charge in [-0.25, -0.2) is 9.67 Å². The maximum atomic E-state index is 12.2. The topological polar surface area (TPSA) is 69.0 Å². The third-order valence-electron chi connectivity index (χ3n) is 3.52. The van der Waals surface area contributed by atoms with Gasteiger partial charge >= 0.3 is 6.61 Å². The lowest BCUT2D eigenvalue weighted by Gasteiger charge is -2.08. The molecule has 0 aliphatic rings. The fraction of sp³-hybridized carbons (Fsp3) is 0.235. The van der Waals surface area contributed by atoms with Gasteiger partial charge in [0, 0.05) is 17.0 Å². The van der Waals surface area contributed by atoms with Crippen LogP contribution in [0.3, 0.4) is 0 Å². The van der Waals surface area contributed by atoms with Crippen LogP contribution < -0.4 is 10.1 Å². The summed E-state index contributed by atoms with van der Waals surface area (Å²) in [5.74, 6) is -0.378. The van der Waals surface area contributed by atoms with E-state index in [1.807, 2.05) is 13.8 Å². The summed E-state index contributed by atoms with van der Waals surface area (Å²) in [6.45, 7) is 1.11. The van der Waals surface area contributed by atoms with Crippen molar-refractivity contribution in [2.45, 2.75) is 26.5 Å². The number of ether oxygens (including phenoxy) is 1. The van der Waals surface area contributed by atoms with Crippen LogP contribution in [-0.4, -0.2) is 27.3 Å². The number of hydrogen-bond acceptors (Lipinski definition) is 4. The molecule has 0 aliphatic carbocycles. The summed E-state index contributed by atoms with van der Waals surface area (Å²) in [4.78, 5) is 16.6. The second-order valence-electron chi connectivity index (χ2n) is 5.68. The molecule has 25 heavy (non-hydrogen) atoms. The molecule has 0 saturated heterocycles. The minimum atomic E-state index is -2.90. The van der Waals surface area contributed by atoms with Crippen molar-refractivity contribution in [1.29, 1.82) is 0 Å². The first kappa shape index (κ1) is 16.8. The SMILES string of the molecule is CC(C)n1ncc2cc(NC(=O)c3ccc(OC(F)F)cc3)cnc21. The van der Waals surface area contributed by atoms with E-state index in [9.17, 15) is 13.6 Å². The van der Waals surface area contributed by atoms with Crippen LogP contribution in [0.2, 0.25) is 0 Å². The third-order valence-corrected chi connectivity index (χ3v) is 3.52. The van der Waals surface area contributed by atoms with Gasteiger partial charge in [-0.15, -0.1) is 0 Å². The average Bonchev–Trinajstić information content (AvgIpc) is 2.98. The maximum absolute atomic E-state index is 12.2. The summed E-state index contributed by atoms with van der Waals surface area (Å²) in [6, 6.07) is 7.41. The number of amides is 1. The molecule has 2 heterocycles. The Morgan fingerprint density at radius 2 is 1.92 bits per heavy atom. The first-order chi connectivity index (χ1) is 11.9. The molecule has 1 amide bonds. The number of nitrogens with one attached hydrogen (secondary N) is 1. The predicted octanol–water partition coefficient (Wildman–Crippen LogP) is 3.87. The smallest absolute Gasteiger partial charge is 0.387 e. The highest BCUT2D eigenvalue weighted by Crippen LogP contribution is 2.20. The molecule has 0 unspecified atom stereocenters. The Morgan fingerprint density at radius 1 is 1.20 bits per heavy atom. The molecule has 1 N–H and O–H groups in total. The van der Waals surface area contributed by atoms with Crippen LogP contribution in [0.1, 0.15) is 30.2 Å². The van der Waals surface area contributed by atoms with Gasteiger partial charge in [0.15, 0.2) is 5.65 Å². The Bertz CT molecular complexity index is 891. The zero-order valence-corrected chi connectivity index (χ0v) is 13.6. The number of fused-ring (bicyclic) bond motifs is 1. The van der Waals surface area contributed by atoms with E-state index in [-0.39, 0.29) is 17.7 Å². The fourth-order valence-corrected chi connectivity index (χ4v) is 2.38. The van der Waals surface area contributed by atoms with Crippen LogP contribution in [-0.2, 0) is 0 Å². The van der Waals surface area contributed by atoms with E-state index in [4.69, 9.17) is 0 Å². The highest BCUT2D eigenvalue weighted by atomic mass is 19.3. The Balaban J connectivity index is 1.75. The van der Waals surface area contributed by atoms with Gasteiger partial charge in [0.1, 0.15) is 5.75 Å². The summed E-state index contributed by atoms with van der Waals surface area (Å²) >= 11 is 0. The molecule has 0 fully saturated rings.